The van der Waals surface area contributed by atoms with Gasteiger partial charge in [0, 0.05) is 0 Å². The van der Waals surface area contributed by atoms with Crippen molar-refractivity contribution in [2.24, 2.45) is 0 Å². The summed E-state index contributed by atoms with van der Waals surface area (Å²) in [5, 5.41) is 0. The minimum absolute atomic E-state index is 0.500. The molecule has 0 atom stereocenters. The number of hydrogen-bond acceptors (Lipinski definition) is 0. The van der Waals surface area contributed by atoms with Crippen molar-refractivity contribution in [1.29, 1.82) is 0 Å². The quantitative estimate of drug-likeness (QED) is 0.457. The van der Waals surface area contributed by atoms with Gasteiger partial charge in [0.15, 0.2) is 0 Å². The molecule has 0 N–H and O–H groups in total. The second-order valence-electron chi connectivity index (χ2n) is 0.724. The van der Waals surface area contributed by atoms with Gasteiger partial charge in [-0.15, -0.1) is 0 Å². The van der Waals surface area contributed by atoms with Gasteiger partial charge in [-0.25, -0.2) is 0 Å². The van der Waals surface area contributed by atoms with E-state index in [2.05, 4.69) is 0 Å². The lowest BCUT2D eigenvalue weighted by Gasteiger charge is -1.77. The average Bonchev–Trinajstić information content (AvgIpc) is 1.27. The maximum absolute atomic E-state index is 10.6. The van der Waals surface area contributed by atoms with E-state index in [-0.39, 0.29) is 0 Å². The summed E-state index contributed by atoms with van der Waals surface area (Å²) in [4.78, 5) is 0. The molecule has 4 heteroatoms. The monoisotopic (exact) mass is 113 g/mol. The van der Waals surface area contributed by atoms with Crippen molar-refractivity contribution in [3.8, 4) is 0 Å². The molecule has 0 aromatic carbocycles. The summed E-state index contributed by atoms with van der Waals surface area (Å²) in [6, 6.07) is 0. The maximum Gasteiger partial charge on any atom is 0.337 e. The highest BCUT2D eigenvalue weighted by atomic mass is 19.3. The Bertz CT molecular complexity index is 71.0. The Balaban J connectivity index is 3.45. The fourth-order valence-electron chi connectivity index (χ4n) is 0.0825. The zero-order valence-electron chi connectivity index (χ0n) is 3.09. The molecule has 0 rings (SSSR count). The van der Waals surface area contributed by atoms with E-state index in [0.29, 0.717) is 0 Å². The van der Waals surface area contributed by atoms with Gasteiger partial charge in [0.05, 0.1) is 6.08 Å². The normalized spacial score (nSPS) is 9.29. The summed E-state index contributed by atoms with van der Waals surface area (Å²) < 4.78 is 42.6. The van der Waals surface area contributed by atoms with Crippen LogP contribution < -0.4 is 0 Å². The summed E-state index contributed by atoms with van der Waals surface area (Å²) in [6.07, 6.45) is -5.25. The molecule has 0 amide bonds. The number of rotatable bonds is 1. The topological polar surface area (TPSA) is 0 Å². The van der Waals surface area contributed by atoms with E-state index >= 15 is 0 Å². The molecular weight excluding hydrogens is 112 g/mol. The van der Waals surface area contributed by atoms with Gasteiger partial charge in [-0.05, 0) is 0 Å². The van der Waals surface area contributed by atoms with E-state index in [1.54, 1.807) is 0 Å². The van der Waals surface area contributed by atoms with E-state index in [1.165, 1.54) is 0 Å². The van der Waals surface area contributed by atoms with Gasteiger partial charge in [-0.3, -0.25) is 0 Å². The van der Waals surface area contributed by atoms with E-state index in [9.17, 15) is 17.6 Å². The molecule has 0 heterocycles. The van der Waals surface area contributed by atoms with Gasteiger partial charge >= 0.3 is 6.43 Å². The fraction of sp³-hybridized carbons (Fsp3) is 0. The first-order chi connectivity index (χ1) is 3.13. The summed E-state index contributed by atoms with van der Waals surface area (Å²) in [6.45, 7) is 0. The van der Waals surface area contributed by atoms with E-state index in [4.69, 9.17) is 0 Å². The Kier molecular flexibility index (Phi) is 2.40. The van der Waals surface area contributed by atoms with E-state index in [0.717, 1.165) is 0 Å². The second-order valence-corrected chi connectivity index (χ2v) is 0.724. The Labute approximate surface area is 37.4 Å². The summed E-state index contributed by atoms with van der Waals surface area (Å²) in [5.74, 6) is 0. The number of allylic oxidation sites excluding steroid dienone is 1. The molecule has 0 spiro atoms. The van der Waals surface area contributed by atoms with Crippen molar-refractivity contribution in [2.45, 2.75) is 0 Å². The summed E-state index contributed by atoms with van der Waals surface area (Å²) >= 11 is 0. The number of halogens is 4. The molecule has 0 nitrogen and oxygen atoms in total. The highest BCUT2D eigenvalue weighted by Crippen LogP contribution is 2.09. The van der Waals surface area contributed by atoms with Gasteiger partial charge in [0.2, 0.25) is 0 Å². The van der Waals surface area contributed by atoms with Crippen molar-refractivity contribution >= 4 is 0 Å². The Morgan fingerprint density at radius 3 is 1.43 bits per heavy atom. The molecule has 0 aromatic heterocycles. The summed E-state index contributed by atoms with van der Waals surface area (Å²) in [5.41, 5.74) is 0. The zero-order valence-corrected chi connectivity index (χ0v) is 3.09. The largest absolute Gasteiger partial charge is 0.337 e. The standard InChI is InChI=1S/C3HF4/c4-2(5)1-3(6)7/h1H. The average molecular weight is 113 g/mol. The van der Waals surface area contributed by atoms with Crippen LogP contribution in [0.1, 0.15) is 0 Å². The molecule has 0 saturated carbocycles. The first-order valence-corrected chi connectivity index (χ1v) is 1.33. The highest BCUT2D eigenvalue weighted by Gasteiger charge is 2.00. The first-order valence-electron chi connectivity index (χ1n) is 1.33. The van der Waals surface area contributed by atoms with E-state index in [1.807, 2.05) is 0 Å². The number of hydrogen-bond donors (Lipinski definition) is 0. The lowest BCUT2D eigenvalue weighted by molar-refractivity contribution is 0.317. The second kappa shape index (κ2) is 2.60. The van der Waals surface area contributed by atoms with Crippen molar-refractivity contribution in [2.75, 3.05) is 0 Å². The van der Waals surface area contributed by atoms with Gasteiger partial charge in [0.1, 0.15) is 0 Å². The maximum atomic E-state index is 10.6. The van der Waals surface area contributed by atoms with Crippen LogP contribution in [0.2, 0.25) is 0 Å². The van der Waals surface area contributed by atoms with Crippen LogP contribution in [0.5, 0.6) is 0 Å². The van der Waals surface area contributed by atoms with Crippen molar-refractivity contribution in [3.63, 3.8) is 0 Å². The highest BCUT2D eigenvalue weighted by molar-refractivity contribution is 4.93. The molecule has 0 fully saturated rings. The Hall–Kier alpha value is -0.540. The van der Waals surface area contributed by atoms with Crippen LogP contribution in [0, 0.1) is 6.43 Å². The molecule has 7 heavy (non-hydrogen) atoms. The Morgan fingerprint density at radius 2 is 1.43 bits per heavy atom. The van der Waals surface area contributed by atoms with Gasteiger partial charge in [-0.2, -0.15) is 17.6 Å². The molecule has 0 aliphatic carbocycles. The molecule has 0 unspecified atom stereocenters. The van der Waals surface area contributed by atoms with Gasteiger partial charge in [-0.1, -0.05) is 0 Å². The smallest absolute Gasteiger partial charge is 0.194 e. The van der Waals surface area contributed by atoms with Crippen LogP contribution in [-0.2, 0) is 0 Å². The molecular formula is C3HF4. The predicted octanol–water partition coefficient (Wildman–Crippen LogP) is 2.20. The van der Waals surface area contributed by atoms with Gasteiger partial charge < -0.3 is 0 Å². The van der Waals surface area contributed by atoms with Crippen molar-refractivity contribution in [3.05, 3.63) is 18.6 Å². The van der Waals surface area contributed by atoms with Crippen LogP contribution in [0.15, 0.2) is 12.2 Å². The van der Waals surface area contributed by atoms with Crippen molar-refractivity contribution in [1.82, 2.24) is 0 Å². The minimum Gasteiger partial charge on any atom is -0.194 e. The van der Waals surface area contributed by atoms with Gasteiger partial charge in [0.25, 0.3) is 6.08 Å². The third-order valence-corrected chi connectivity index (χ3v) is 0.218. The molecule has 0 aromatic rings. The van der Waals surface area contributed by atoms with Crippen molar-refractivity contribution < 1.29 is 17.6 Å². The molecule has 0 aliphatic heterocycles. The van der Waals surface area contributed by atoms with Crippen LogP contribution in [0.25, 0.3) is 0 Å². The minimum atomic E-state index is -2.38. The lowest BCUT2D eigenvalue weighted by Crippen LogP contribution is -1.67. The van der Waals surface area contributed by atoms with Crippen LogP contribution in [0.4, 0.5) is 17.6 Å². The van der Waals surface area contributed by atoms with Crippen LogP contribution >= 0.6 is 0 Å². The fourth-order valence-corrected chi connectivity index (χ4v) is 0.0825. The van der Waals surface area contributed by atoms with Crippen LogP contribution in [0.3, 0.4) is 0 Å². The Morgan fingerprint density at radius 1 is 1.00 bits per heavy atom. The molecule has 1 radical (unpaired) electrons. The summed E-state index contributed by atoms with van der Waals surface area (Å²) in [7, 11) is 0. The third-order valence-electron chi connectivity index (χ3n) is 0.218. The third kappa shape index (κ3) is 5.46. The van der Waals surface area contributed by atoms with E-state index < -0.39 is 18.6 Å². The lowest BCUT2D eigenvalue weighted by atomic mass is 10.7. The molecule has 0 saturated heterocycles. The predicted molar refractivity (Wildman–Crippen MR) is 15.8 cm³/mol. The molecule has 41 valence electrons. The molecule has 0 aliphatic rings. The molecule has 0 bridgehead atoms. The SMILES string of the molecule is F[C](F)C=C(F)F. The van der Waals surface area contributed by atoms with Crippen LogP contribution in [-0.4, -0.2) is 0 Å². The first kappa shape index (κ1) is 6.46. The zero-order chi connectivity index (χ0) is 5.86.